The summed E-state index contributed by atoms with van der Waals surface area (Å²) < 4.78 is 30.0. The summed E-state index contributed by atoms with van der Waals surface area (Å²) in [6.45, 7) is 1.96. The molecule has 2 N–H and O–H groups in total. The van der Waals surface area contributed by atoms with Crippen LogP contribution < -0.4 is 5.73 Å². The van der Waals surface area contributed by atoms with Crippen LogP contribution in [0.1, 0.15) is 19.8 Å². The molecule has 0 radical (unpaired) electrons. The summed E-state index contributed by atoms with van der Waals surface area (Å²) in [5.74, 6) is 0. The first-order valence-corrected chi connectivity index (χ1v) is 7.88. The molecule has 110 valence electrons. The van der Waals surface area contributed by atoms with Crippen LogP contribution in [0.4, 0.5) is 10.5 Å². The summed E-state index contributed by atoms with van der Waals surface area (Å²) in [5, 5.41) is 0. The fourth-order valence-corrected chi connectivity index (χ4v) is 5.01. The molecule has 0 aromatic heterocycles. The largest absolute Gasteiger partial charge is 0.531 e. The number of quaternary nitrogens is 1. The first-order chi connectivity index (χ1) is 9.38. The lowest BCUT2D eigenvalue weighted by Gasteiger charge is -2.32. The highest BCUT2D eigenvalue weighted by Gasteiger charge is 2.58. The Morgan fingerprint density at radius 3 is 2.55 bits per heavy atom. The van der Waals surface area contributed by atoms with Crippen LogP contribution in [0, 0.1) is 0 Å². The molecule has 20 heavy (non-hydrogen) atoms. The van der Waals surface area contributed by atoms with Gasteiger partial charge in [0, 0.05) is 12.8 Å². The molecule has 0 saturated carbocycles. The number of methoxy groups -OCH3 is 1. The van der Waals surface area contributed by atoms with Crippen molar-refractivity contribution in [3.63, 3.8) is 0 Å². The van der Waals surface area contributed by atoms with Gasteiger partial charge in [-0.15, -0.1) is 3.89 Å². The van der Waals surface area contributed by atoms with Crippen molar-refractivity contribution in [3.05, 3.63) is 24.3 Å². The quantitative estimate of drug-likeness (QED) is 0.664. The molecule has 1 unspecified atom stereocenters. The van der Waals surface area contributed by atoms with Crippen molar-refractivity contribution in [3.8, 4) is 0 Å². The number of rotatable bonds is 2. The third-order valence-electron chi connectivity index (χ3n) is 3.93. The number of sulfonamides is 1. The van der Waals surface area contributed by atoms with E-state index in [-0.39, 0.29) is 23.2 Å². The molecular weight excluding hydrogens is 280 g/mol. The summed E-state index contributed by atoms with van der Waals surface area (Å²) in [5.41, 5.74) is 5.93. The molecule has 1 aromatic carbocycles. The predicted molar refractivity (Wildman–Crippen MR) is 74.3 cm³/mol. The van der Waals surface area contributed by atoms with Crippen LogP contribution in [0.25, 0.3) is 0 Å². The predicted octanol–water partition coefficient (Wildman–Crippen LogP) is 1.72. The minimum atomic E-state index is -3.95. The van der Waals surface area contributed by atoms with Gasteiger partial charge in [-0.05, 0) is 19.1 Å². The number of para-hydroxylation sites is 1. The Morgan fingerprint density at radius 2 is 2.05 bits per heavy atom. The van der Waals surface area contributed by atoms with Crippen molar-refractivity contribution in [2.45, 2.75) is 30.7 Å². The fourth-order valence-electron chi connectivity index (χ4n) is 2.82. The van der Waals surface area contributed by atoms with Gasteiger partial charge in [0.05, 0.1) is 12.8 Å². The van der Waals surface area contributed by atoms with Gasteiger partial charge in [-0.25, -0.2) is 0 Å². The normalized spacial score (nSPS) is 26.4. The maximum atomic E-state index is 13.0. The van der Waals surface area contributed by atoms with E-state index >= 15 is 0 Å². The maximum absolute atomic E-state index is 13.0. The molecule has 0 spiro atoms. The topological polar surface area (TPSA) is 86.5 Å². The smallest absolute Gasteiger partial charge is 0.423 e. The molecule has 1 aromatic rings. The van der Waals surface area contributed by atoms with Gasteiger partial charge >= 0.3 is 16.1 Å². The number of carbonyl (C=O) groups excluding carboxylic acids is 1. The van der Waals surface area contributed by atoms with Crippen molar-refractivity contribution in [2.24, 2.45) is 0 Å². The minimum Gasteiger partial charge on any atom is -0.423 e. The number of benzene rings is 1. The van der Waals surface area contributed by atoms with Gasteiger partial charge in [0.2, 0.25) is 0 Å². The lowest BCUT2D eigenvalue weighted by molar-refractivity contribution is -0.742. The lowest BCUT2D eigenvalue weighted by atomic mass is 10.2. The van der Waals surface area contributed by atoms with Crippen LogP contribution in [-0.2, 0) is 14.8 Å². The number of likely N-dealkylation sites (tertiary alicyclic amines) is 1. The first kappa shape index (κ1) is 14.8. The Balaban J connectivity index is 2.66. The Hall–Kier alpha value is -1.60. The summed E-state index contributed by atoms with van der Waals surface area (Å²) >= 11 is 0. The summed E-state index contributed by atoms with van der Waals surface area (Å²) in [7, 11) is -2.75. The number of nitrogens with zero attached hydrogens (tertiary/aromatic N) is 1. The Bertz CT molecular complexity index is 629. The van der Waals surface area contributed by atoms with Gasteiger partial charge < -0.3 is 10.5 Å². The van der Waals surface area contributed by atoms with E-state index < -0.39 is 20.0 Å². The monoisotopic (exact) mass is 299 g/mol. The number of carbonyl (C=O) groups is 1. The van der Waals surface area contributed by atoms with E-state index in [1.54, 1.807) is 19.1 Å². The molecule has 1 saturated heterocycles. The second-order valence-corrected chi connectivity index (χ2v) is 7.03. The standard InChI is InChI=1S/C13H19N2O4S/c1-10-6-5-9-15(10,13(16)19-2)20(17,18)12-8-4-3-7-11(12)14/h3-4,7-8,10H,5-6,9,14H2,1-2H3/q+1/t10-,15?/m1/s1. The highest BCUT2D eigenvalue weighted by molar-refractivity contribution is 7.86. The molecule has 1 aliphatic rings. The van der Waals surface area contributed by atoms with Crippen LogP contribution in [0.2, 0.25) is 0 Å². The van der Waals surface area contributed by atoms with Crippen molar-refractivity contribution in [1.29, 1.82) is 0 Å². The van der Waals surface area contributed by atoms with Gasteiger partial charge in [0.1, 0.15) is 17.5 Å². The zero-order chi connectivity index (χ0) is 15.0. The second kappa shape index (κ2) is 5.06. The zero-order valence-electron chi connectivity index (χ0n) is 11.6. The molecule has 1 amide bonds. The van der Waals surface area contributed by atoms with Crippen LogP contribution in [-0.4, -0.2) is 38.1 Å². The van der Waals surface area contributed by atoms with E-state index in [2.05, 4.69) is 0 Å². The van der Waals surface area contributed by atoms with Crippen molar-refractivity contribution >= 4 is 21.8 Å². The average Bonchev–Trinajstić information content (AvgIpc) is 2.81. The molecule has 2 rings (SSSR count). The van der Waals surface area contributed by atoms with E-state index in [0.717, 1.165) is 0 Å². The Kier molecular flexibility index (Phi) is 3.75. The number of hydrogen-bond donors (Lipinski definition) is 1. The van der Waals surface area contributed by atoms with E-state index in [0.29, 0.717) is 12.8 Å². The molecule has 0 aliphatic carbocycles. The number of hydrogen-bond acceptors (Lipinski definition) is 5. The molecule has 2 atom stereocenters. The van der Waals surface area contributed by atoms with Crippen LogP contribution in [0.3, 0.4) is 0 Å². The molecule has 0 bridgehead atoms. The number of ether oxygens (including phenoxy) is 1. The first-order valence-electron chi connectivity index (χ1n) is 6.44. The van der Waals surface area contributed by atoms with Crippen molar-refractivity contribution in [2.75, 3.05) is 19.4 Å². The average molecular weight is 299 g/mol. The number of nitrogens with two attached hydrogens (primary N) is 1. The highest BCUT2D eigenvalue weighted by Crippen LogP contribution is 2.37. The summed E-state index contributed by atoms with van der Waals surface area (Å²) in [6.07, 6.45) is 0.557. The molecule has 1 aliphatic heterocycles. The number of nitrogen functional groups attached to an aromatic ring is 1. The van der Waals surface area contributed by atoms with Gasteiger partial charge in [0.25, 0.3) is 0 Å². The number of anilines is 1. The van der Waals surface area contributed by atoms with E-state index in [9.17, 15) is 13.2 Å². The third-order valence-corrected chi connectivity index (χ3v) is 6.41. The Labute approximate surface area is 118 Å². The second-order valence-electron chi connectivity index (χ2n) is 4.99. The van der Waals surface area contributed by atoms with Gasteiger partial charge in [-0.2, -0.15) is 13.2 Å². The van der Waals surface area contributed by atoms with Crippen LogP contribution in [0.5, 0.6) is 0 Å². The van der Waals surface area contributed by atoms with Gasteiger partial charge in [-0.1, -0.05) is 12.1 Å². The van der Waals surface area contributed by atoms with Crippen molar-refractivity contribution in [1.82, 2.24) is 0 Å². The van der Waals surface area contributed by atoms with E-state index in [1.165, 1.54) is 19.2 Å². The van der Waals surface area contributed by atoms with Gasteiger partial charge in [0.15, 0.2) is 0 Å². The molecule has 6 nitrogen and oxygen atoms in total. The zero-order valence-corrected chi connectivity index (χ0v) is 12.4. The van der Waals surface area contributed by atoms with Gasteiger partial charge in [-0.3, -0.25) is 0 Å². The maximum Gasteiger partial charge on any atom is 0.531 e. The van der Waals surface area contributed by atoms with E-state index in [1.807, 2.05) is 0 Å². The summed E-state index contributed by atoms with van der Waals surface area (Å²) in [6, 6.07) is 5.84. The van der Waals surface area contributed by atoms with E-state index in [4.69, 9.17) is 10.5 Å². The number of amides is 1. The minimum absolute atomic E-state index is 0.0147. The highest BCUT2D eigenvalue weighted by atomic mass is 32.2. The van der Waals surface area contributed by atoms with Crippen molar-refractivity contribution < 1.29 is 21.8 Å². The Morgan fingerprint density at radius 1 is 1.40 bits per heavy atom. The van der Waals surface area contributed by atoms with Crippen LogP contribution in [0.15, 0.2) is 29.2 Å². The molecule has 1 fully saturated rings. The lowest BCUT2D eigenvalue weighted by Crippen LogP contribution is -2.58. The fraction of sp³-hybridized carbons (Fsp3) is 0.462. The van der Waals surface area contributed by atoms with Crippen LogP contribution >= 0.6 is 0 Å². The SMILES string of the molecule is COC(=O)[N+]1(S(=O)(=O)c2ccccc2N)CCC[C@H]1C. The summed E-state index contributed by atoms with van der Waals surface area (Å²) in [4.78, 5) is 12.2. The molecule has 7 heteroatoms. The third kappa shape index (κ3) is 1.89. The molecule has 1 heterocycles. The molecular formula is C13H19N2O4S+.